The van der Waals surface area contributed by atoms with Crippen LogP contribution >= 0.6 is 21.0 Å². The predicted octanol–water partition coefficient (Wildman–Crippen LogP) is 4.32. The number of aliphatic hydroxyl groups excluding tert-OH is 2. The number of thiol groups is 1. The van der Waals surface area contributed by atoms with Gasteiger partial charge in [-0.15, -0.1) is 0 Å². The number of H-pyrrole nitrogens is 1. The van der Waals surface area contributed by atoms with Gasteiger partial charge >= 0.3 is 11.8 Å². The number of amides is 1. The second-order valence-electron chi connectivity index (χ2n) is 8.41. The molecule has 260 valence electrons. The molecule has 1 fully saturated rings. The summed E-state index contributed by atoms with van der Waals surface area (Å²) in [5, 5.41) is 16.6. The molecule has 46 heavy (non-hydrogen) atoms. The fraction of sp³-hybridized carbons (Fsp3) is 0.452. The Morgan fingerprint density at radius 3 is 2.15 bits per heavy atom. The predicted molar refractivity (Wildman–Crippen MR) is 186 cm³/mol. The highest BCUT2D eigenvalue weighted by atomic mass is 32.1. The third kappa shape index (κ3) is 17.0. The van der Waals surface area contributed by atoms with Crippen LogP contribution < -0.4 is 16.6 Å². The number of para-hydroxylation sites is 1. The number of rotatable bonds is 8. The molecule has 4 atom stereocenters. The first-order valence-corrected chi connectivity index (χ1v) is 16.5. The largest absolute Gasteiger partial charge is 0.441 e. The van der Waals surface area contributed by atoms with Gasteiger partial charge in [-0.25, -0.2) is 9.59 Å². The summed E-state index contributed by atoms with van der Waals surface area (Å²) in [6.07, 6.45) is 1.39. The topological polar surface area (TPSA) is 182 Å². The molecule has 0 aliphatic carbocycles. The molecule has 1 aliphatic rings. The van der Waals surface area contributed by atoms with Crippen molar-refractivity contribution in [2.24, 2.45) is 0 Å². The summed E-state index contributed by atoms with van der Waals surface area (Å²) in [6, 6.07) is 18.1. The lowest BCUT2D eigenvalue weighted by molar-refractivity contribution is -0.0594. The third-order valence-electron chi connectivity index (χ3n) is 5.68. The van der Waals surface area contributed by atoms with Crippen molar-refractivity contribution in [3.8, 4) is 0 Å². The quantitative estimate of drug-likeness (QED) is 0.147. The molecule has 4 rings (SSSR count). The molecule has 0 saturated carbocycles. The number of aliphatic hydroxyl groups is 2. The van der Waals surface area contributed by atoms with Gasteiger partial charge in [0.05, 0.1) is 12.7 Å². The van der Waals surface area contributed by atoms with Crippen LogP contribution in [-0.2, 0) is 24.9 Å². The standard InChI is InChI=1S/C17H19N3O6.C9H13O2P.C2H6.2CH4O.CH4S/c1-24-10-12-9-13(26-17(23)18-11-5-3-2-4-6-11)15(25-12)20-8-7-14(21)19-16(20)22;1-8-5-3-4-6-9(8)7-12(10)11-2;4*1-2/h2-8,12-13,15H,9-10H2,1H3,(H,18,23)(H,19,21,22);3-6,10H,7H2,1-2H3;1-2H3;3*2H,1H3/t12-,13-,15?;;;;;/m0...../s1. The minimum atomic E-state index is -1.27. The number of ether oxygens (including phenoxy) is 3. The van der Waals surface area contributed by atoms with Gasteiger partial charge in [0.2, 0.25) is 0 Å². The van der Waals surface area contributed by atoms with Crippen molar-refractivity contribution in [3.05, 3.63) is 98.8 Å². The van der Waals surface area contributed by atoms with E-state index in [4.69, 9.17) is 28.9 Å². The molecule has 3 aromatic rings. The highest BCUT2D eigenvalue weighted by molar-refractivity contribution is 7.79. The number of benzene rings is 2. The number of aryl methyl sites for hydroxylation is 1. The van der Waals surface area contributed by atoms with Crippen LogP contribution in [0.25, 0.3) is 0 Å². The second kappa shape index (κ2) is 28.2. The summed E-state index contributed by atoms with van der Waals surface area (Å²) in [6.45, 7) is 6.32. The number of nitrogens with one attached hydrogen (secondary N) is 2. The lowest BCUT2D eigenvalue weighted by atomic mass is 10.1. The number of methoxy groups -OCH3 is 1. The Balaban J connectivity index is 0. The first kappa shape index (κ1) is 45.1. The van der Waals surface area contributed by atoms with Gasteiger partial charge in [0.25, 0.3) is 5.56 Å². The van der Waals surface area contributed by atoms with Crippen LogP contribution in [0.2, 0.25) is 0 Å². The lowest BCUT2D eigenvalue weighted by Gasteiger charge is -2.20. The molecular formula is C31H50N3O10PS. The Morgan fingerprint density at radius 2 is 1.61 bits per heavy atom. The molecule has 13 nitrogen and oxygen atoms in total. The van der Waals surface area contributed by atoms with E-state index in [0.717, 1.165) is 19.8 Å². The van der Waals surface area contributed by atoms with Crippen molar-refractivity contribution < 1.29 is 38.6 Å². The summed E-state index contributed by atoms with van der Waals surface area (Å²) < 4.78 is 22.3. The maximum Gasteiger partial charge on any atom is 0.412 e. The number of anilines is 1. The normalized spacial score (nSPS) is 16.4. The van der Waals surface area contributed by atoms with E-state index >= 15 is 0 Å². The van der Waals surface area contributed by atoms with Crippen molar-refractivity contribution in [3.63, 3.8) is 0 Å². The number of nitrogens with zero attached hydrogens (tertiary/aromatic N) is 1. The fourth-order valence-corrected chi connectivity index (χ4v) is 4.57. The Hall–Kier alpha value is -3.07. The van der Waals surface area contributed by atoms with Gasteiger partial charge in [-0.05, 0) is 36.4 Å². The Bertz CT molecular complexity index is 1300. The van der Waals surface area contributed by atoms with Gasteiger partial charge in [0, 0.05) is 59.0 Å². The molecule has 1 aliphatic heterocycles. The molecule has 0 bridgehead atoms. The molecule has 5 N–H and O–H groups in total. The number of carbonyl (C=O) groups excluding carboxylic acids is 1. The number of hydrogen-bond donors (Lipinski definition) is 6. The van der Waals surface area contributed by atoms with E-state index in [-0.39, 0.29) is 12.7 Å². The van der Waals surface area contributed by atoms with Gasteiger partial charge in [-0.1, -0.05) is 56.3 Å². The van der Waals surface area contributed by atoms with Crippen molar-refractivity contribution in [1.29, 1.82) is 0 Å². The van der Waals surface area contributed by atoms with Crippen molar-refractivity contribution in [2.75, 3.05) is 46.6 Å². The van der Waals surface area contributed by atoms with Gasteiger partial charge < -0.3 is 33.8 Å². The Kier molecular flexibility index (Phi) is 27.6. The smallest absolute Gasteiger partial charge is 0.412 e. The minimum absolute atomic E-state index is 0.286. The Morgan fingerprint density at radius 1 is 1.02 bits per heavy atom. The summed E-state index contributed by atoms with van der Waals surface area (Å²) in [4.78, 5) is 46.9. The summed E-state index contributed by atoms with van der Waals surface area (Å²) >= 11 is 3.53. The monoisotopic (exact) mass is 687 g/mol. The molecule has 0 radical (unpaired) electrons. The summed E-state index contributed by atoms with van der Waals surface area (Å²) in [7, 11) is 3.79. The average Bonchev–Trinajstić information content (AvgIpc) is 3.48. The maximum absolute atomic E-state index is 12.2. The van der Waals surface area contributed by atoms with Crippen molar-refractivity contribution in [2.45, 2.75) is 51.8 Å². The zero-order valence-electron chi connectivity index (χ0n) is 27.7. The average molecular weight is 688 g/mol. The molecule has 2 unspecified atom stereocenters. The lowest BCUT2D eigenvalue weighted by Crippen LogP contribution is -2.37. The second-order valence-corrected chi connectivity index (χ2v) is 9.80. The number of aromatic amines is 1. The minimum Gasteiger partial charge on any atom is -0.441 e. The first-order valence-electron chi connectivity index (χ1n) is 14.2. The van der Waals surface area contributed by atoms with E-state index in [1.54, 1.807) is 30.5 Å². The maximum atomic E-state index is 12.2. The van der Waals surface area contributed by atoms with E-state index in [1.807, 2.05) is 51.1 Å². The van der Waals surface area contributed by atoms with E-state index in [2.05, 4.69) is 22.9 Å². The third-order valence-corrected chi connectivity index (χ3v) is 6.71. The number of carbonyl (C=O) groups is 1. The molecule has 1 aromatic heterocycles. The van der Waals surface area contributed by atoms with E-state index in [0.29, 0.717) is 18.3 Å². The van der Waals surface area contributed by atoms with Crippen LogP contribution in [0.3, 0.4) is 0 Å². The van der Waals surface area contributed by atoms with E-state index < -0.39 is 38.0 Å². The van der Waals surface area contributed by atoms with Crippen LogP contribution in [0.5, 0.6) is 0 Å². The van der Waals surface area contributed by atoms with Crippen LogP contribution in [0.1, 0.15) is 37.6 Å². The zero-order valence-corrected chi connectivity index (χ0v) is 29.5. The Labute approximate surface area is 277 Å². The van der Waals surface area contributed by atoms with Gasteiger partial charge in [-0.2, -0.15) is 12.6 Å². The highest BCUT2D eigenvalue weighted by Gasteiger charge is 2.39. The molecule has 1 amide bonds. The molecule has 2 aromatic carbocycles. The van der Waals surface area contributed by atoms with Gasteiger partial charge in [0.15, 0.2) is 20.7 Å². The van der Waals surface area contributed by atoms with Crippen LogP contribution in [0.15, 0.2) is 76.4 Å². The molecule has 0 spiro atoms. The molecule has 2 heterocycles. The number of hydrogen-bond acceptors (Lipinski definition) is 11. The van der Waals surface area contributed by atoms with Crippen LogP contribution in [0.4, 0.5) is 10.5 Å². The van der Waals surface area contributed by atoms with Gasteiger partial charge in [0.1, 0.15) is 0 Å². The SMILES string of the molecule is CC.CO.CO.COC[C@@H]1C[C@H](OC(=O)Nc2ccccc2)C(n2ccc(=O)[nH]c2=O)O1.COP(O)Cc1ccccc1C.CS. The van der Waals surface area contributed by atoms with Crippen molar-refractivity contribution in [1.82, 2.24) is 9.55 Å². The van der Waals surface area contributed by atoms with Gasteiger partial charge in [-0.3, -0.25) is 19.7 Å². The van der Waals surface area contributed by atoms with Crippen molar-refractivity contribution >= 4 is 32.8 Å². The van der Waals surface area contributed by atoms with Crippen LogP contribution in [0, 0.1) is 6.92 Å². The van der Waals surface area contributed by atoms with Crippen LogP contribution in [-0.4, -0.2) is 84.3 Å². The molecule has 15 heteroatoms. The first-order chi connectivity index (χ1) is 22.3. The van der Waals surface area contributed by atoms with E-state index in [1.165, 1.54) is 36.6 Å². The molecular weight excluding hydrogens is 637 g/mol. The fourth-order valence-electron chi connectivity index (χ4n) is 3.79. The summed E-state index contributed by atoms with van der Waals surface area (Å²) in [5.74, 6) is 0. The highest BCUT2D eigenvalue weighted by Crippen LogP contribution is 2.35. The number of aromatic nitrogens is 2. The summed E-state index contributed by atoms with van der Waals surface area (Å²) in [5.41, 5.74) is 1.79. The molecule has 1 saturated heterocycles. The van der Waals surface area contributed by atoms with E-state index in [9.17, 15) is 19.3 Å². The zero-order chi connectivity index (χ0) is 35.5.